The number of anilines is 2. The molecular weight excluding hydrogens is 1160 g/mol. The number of halogens is 2. The normalized spacial score (nSPS) is 19.0. The molecule has 4 amide bonds. The van der Waals surface area contributed by atoms with Crippen LogP contribution in [0.25, 0.3) is 11.1 Å². The Bertz CT molecular complexity index is 2790. The molecule has 4 aliphatic rings. The summed E-state index contributed by atoms with van der Waals surface area (Å²) < 4.78 is 11.6. The van der Waals surface area contributed by atoms with Crippen molar-refractivity contribution in [2.24, 2.45) is 0 Å². The van der Waals surface area contributed by atoms with Gasteiger partial charge >= 0.3 is 71.1 Å². The number of carboxylic acid groups (broad SMARTS) is 2. The summed E-state index contributed by atoms with van der Waals surface area (Å²) in [7, 11) is 2.46. The van der Waals surface area contributed by atoms with Gasteiger partial charge in [-0.3, -0.25) is 38.6 Å². The molecule has 2 saturated heterocycles. The number of nitrogens with zero attached hydrogens (tertiary/aromatic N) is 12. The maximum atomic E-state index is 12.9. The number of hydrogen-bond donors (Lipinski definition) is 4. The molecule has 6 N–H and O–H groups in total. The quantitative estimate of drug-likeness (QED) is 0.0236. The molecule has 8 heterocycles. The fourth-order valence-electron chi connectivity index (χ4n) is 6.74. The van der Waals surface area contributed by atoms with E-state index in [0.717, 1.165) is 67.1 Å². The van der Waals surface area contributed by atoms with Gasteiger partial charge in [0.15, 0.2) is 10.3 Å². The van der Waals surface area contributed by atoms with E-state index in [4.69, 9.17) is 34.7 Å². The van der Waals surface area contributed by atoms with E-state index in [2.05, 4.69) is 61.1 Å². The molecular formula is C36H32Cl2N16Na2O12S6. The molecule has 380 valence electrons. The van der Waals surface area contributed by atoms with E-state index in [-0.39, 0.29) is 150 Å². The number of carboxylic acids is 2. The molecule has 0 aliphatic carbocycles. The number of carbonyl (C=O) groups is 8. The number of aliphatic carboxylic acids is 2. The van der Waals surface area contributed by atoms with Crippen LogP contribution in [-0.4, -0.2) is 168 Å². The zero-order valence-corrected chi connectivity index (χ0v) is 48.9. The van der Waals surface area contributed by atoms with Gasteiger partial charge in [0.1, 0.15) is 35.9 Å². The Balaban J connectivity index is 0.000000267. The molecule has 0 bridgehead atoms. The number of methoxy groups -OCH3 is 2. The first-order valence-electron chi connectivity index (χ1n) is 19.8. The van der Waals surface area contributed by atoms with E-state index < -0.39 is 70.3 Å². The summed E-state index contributed by atoms with van der Waals surface area (Å²) in [4.78, 5) is 108. The predicted molar refractivity (Wildman–Crippen MR) is 256 cm³/mol. The number of rotatable bonds is 18. The molecule has 4 atom stereocenters. The molecule has 38 heteroatoms. The van der Waals surface area contributed by atoms with E-state index in [9.17, 15) is 48.6 Å². The summed E-state index contributed by atoms with van der Waals surface area (Å²) in [6.45, 7) is -0.430. The molecule has 4 aromatic heterocycles. The van der Waals surface area contributed by atoms with Crippen LogP contribution in [0.5, 0.6) is 0 Å². The summed E-state index contributed by atoms with van der Waals surface area (Å²) in [5.41, 5.74) is 14.1. The molecule has 4 aromatic rings. The van der Waals surface area contributed by atoms with E-state index in [1.807, 2.05) is 0 Å². The Labute approximate surface area is 495 Å². The minimum Gasteiger partial charge on any atom is -0.543 e. The fourth-order valence-corrected chi connectivity index (χ4v) is 13.0. The third kappa shape index (κ3) is 13.4. The molecule has 0 saturated carbocycles. The van der Waals surface area contributed by atoms with E-state index >= 15 is 0 Å². The van der Waals surface area contributed by atoms with Crippen LogP contribution in [0, 0.1) is 0 Å². The molecule has 0 spiro atoms. The van der Waals surface area contributed by atoms with E-state index in [1.54, 1.807) is 10.8 Å². The molecule has 4 aliphatic heterocycles. The number of nitrogens with one attached hydrogen (secondary N) is 2. The van der Waals surface area contributed by atoms with Crippen molar-refractivity contribution in [2.45, 2.75) is 46.2 Å². The van der Waals surface area contributed by atoms with Crippen molar-refractivity contribution in [3.63, 3.8) is 0 Å². The Morgan fingerprint density at radius 2 is 1.09 bits per heavy atom. The monoisotopic (exact) mass is 1190 g/mol. The average Bonchev–Trinajstić information content (AvgIpc) is 4.20. The molecule has 0 aromatic carbocycles. The van der Waals surface area contributed by atoms with Crippen LogP contribution in [0.3, 0.4) is 0 Å². The number of esters is 2. The Morgan fingerprint density at radius 3 is 1.41 bits per heavy atom. The summed E-state index contributed by atoms with van der Waals surface area (Å²) in [5, 5.41) is 54.0. The van der Waals surface area contributed by atoms with Crippen molar-refractivity contribution in [3.8, 4) is 0 Å². The third-order valence-corrected chi connectivity index (χ3v) is 16.7. The minimum absolute atomic E-state index is 0. The number of tetrazole rings is 2. The summed E-state index contributed by atoms with van der Waals surface area (Å²) in [6, 6.07) is -1.94. The van der Waals surface area contributed by atoms with Gasteiger partial charge in [0, 0.05) is 44.8 Å². The number of hydrogen-bond acceptors (Lipinski definition) is 28. The maximum Gasteiger partial charge on any atom is 1.00 e. The van der Waals surface area contributed by atoms with Crippen molar-refractivity contribution in [1.82, 2.24) is 70.8 Å². The molecule has 2 fully saturated rings. The van der Waals surface area contributed by atoms with Crippen LogP contribution in [-0.2, 0) is 60.9 Å². The smallest absolute Gasteiger partial charge is 0.543 e. The molecule has 74 heavy (non-hydrogen) atoms. The van der Waals surface area contributed by atoms with Gasteiger partial charge in [-0.15, -0.1) is 56.4 Å². The number of nitrogens with two attached hydrogens (primary N) is 2. The number of β-lactam (4-membered cyclic amide) rings is 2. The van der Waals surface area contributed by atoms with Crippen LogP contribution in [0.4, 0.5) is 10.3 Å². The number of fused-ring (bicyclic) bond motifs is 2. The molecule has 2 unspecified atom stereocenters. The summed E-state index contributed by atoms with van der Waals surface area (Å²) >= 11 is 18.6. The van der Waals surface area contributed by atoms with E-state index in [1.165, 1.54) is 47.1 Å². The van der Waals surface area contributed by atoms with Gasteiger partial charge in [-0.05, 0) is 32.0 Å². The van der Waals surface area contributed by atoms with Crippen molar-refractivity contribution in [3.05, 3.63) is 55.8 Å². The fraction of sp³-hybridized carbons (Fsp3) is 0.333. The average molecular weight is 1190 g/mol. The standard InChI is InChI=1S/2C18H17ClN8O6S3.2Na/c2*1-33-10(28)3-26-18(23-24-25-26)36-5-7-4-34-15-11(14(30)27(15)12(7)16(31)32)22-13(29)8(2-19)9-6-35-17(20)21-9;;/h2*2,6,11,15H,3-5H2,1H3,(H2,20,21)(H,22,29)(H,31,32);;/q;;2*+1/p-2/t2*11?,15-;;/m00../s1. The zero-order valence-electron chi connectivity index (χ0n) is 38.5. The minimum atomic E-state index is -1.53. The van der Waals surface area contributed by atoms with Crippen LogP contribution in [0.1, 0.15) is 11.4 Å². The number of amides is 4. The van der Waals surface area contributed by atoms with Crippen LogP contribution in [0.15, 0.2) is 54.7 Å². The Hall–Kier alpha value is -4.30. The maximum absolute atomic E-state index is 12.9. The van der Waals surface area contributed by atoms with Crippen molar-refractivity contribution >= 4 is 162 Å². The van der Waals surface area contributed by atoms with Crippen LogP contribution >= 0.6 is 92.9 Å². The first kappa shape index (κ1) is 60.6. The van der Waals surface area contributed by atoms with E-state index in [0.29, 0.717) is 11.1 Å². The first-order chi connectivity index (χ1) is 34.5. The molecule has 0 radical (unpaired) electrons. The number of thiazole rings is 2. The van der Waals surface area contributed by atoms with Crippen molar-refractivity contribution in [2.75, 3.05) is 48.7 Å². The first-order valence-corrected chi connectivity index (χ1v) is 26.5. The van der Waals surface area contributed by atoms with Crippen molar-refractivity contribution < 1.29 is 117 Å². The van der Waals surface area contributed by atoms with Gasteiger partial charge in [0.2, 0.25) is 10.3 Å². The van der Waals surface area contributed by atoms with Gasteiger partial charge in [0.05, 0.1) is 60.1 Å². The summed E-state index contributed by atoms with van der Waals surface area (Å²) in [6.07, 6.45) is 0. The van der Waals surface area contributed by atoms with Gasteiger partial charge in [-0.2, -0.15) is 0 Å². The number of thioether (sulfide) groups is 4. The second kappa shape index (κ2) is 27.1. The van der Waals surface area contributed by atoms with Gasteiger partial charge < -0.3 is 51.4 Å². The Kier molecular flexibility index (Phi) is 22.2. The predicted octanol–water partition coefficient (Wildman–Crippen LogP) is -8.67. The van der Waals surface area contributed by atoms with Gasteiger partial charge in [-0.25, -0.2) is 19.3 Å². The SMILES string of the molecule is COC(=O)Cn1nnnc1SCC1=C(C(=O)[O-])N2C(=O)C(NC(=O)C(=CCl)c3csc(N)n3)[C@@H]2SC1.COC(=O)Cn1nnnc1SCC1=C(C(=O)[O-])N2C(=O)C(NC(=O)C(=CCl)c3csc(N)n3)[C@@H]2SC1.[Na+].[Na+]. The molecule has 8 rings (SSSR count). The van der Waals surface area contributed by atoms with Crippen LogP contribution < -0.4 is 91.4 Å². The zero-order chi connectivity index (χ0) is 52.0. The van der Waals surface area contributed by atoms with Crippen LogP contribution in [0.2, 0.25) is 0 Å². The van der Waals surface area contributed by atoms with Crippen molar-refractivity contribution in [1.29, 1.82) is 0 Å². The number of carbonyl (C=O) groups excluding carboxylic acids is 8. The largest absolute Gasteiger partial charge is 1.00 e. The molecule has 28 nitrogen and oxygen atoms in total. The van der Waals surface area contributed by atoms with Gasteiger partial charge in [-0.1, -0.05) is 46.7 Å². The third-order valence-electron chi connectivity index (χ3n) is 10.1. The second-order valence-electron chi connectivity index (χ2n) is 14.4. The number of nitrogen functional groups attached to an aromatic ring is 2. The second-order valence-corrected chi connectivity index (χ2v) is 20.7. The number of aromatic nitrogens is 10. The topological polar surface area (TPSA) is 397 Å². The number of ether oxygens (including phenoxy) is 2. The Morgan fingerprint density at radius 1 is 0.716 bits per heavy atom. The summed E-state index contributed by atoms with van der Waals surface area (Å²) in [5.74, 6) is -5.94. The van der Waals surface area contributed by atoms with Gasteiger partial charge in [0.25, 0.3) is 23.6 Å².